The average molecular weight is 289 g/mol. The Kier molecular flexibility index (Phi) is 3.93. The molecule has 0 aliphatic rings. The highest BCUT2D eigenvalue weighted by Gasteiger charge is 2.19. The summed E-state index contributed by atoms with van der Waals surface area (Å²) in [5.74, 6) is -0.362. The lowest BCUT2D eigenvalue weighted by atomic mass is 10.0. The van der Waals surface area contributed by atoms with Crippen LogP contribution in [0.4, 0.5) is 5.82 Å². The number of ether oxygens (including phenoxy) is 1. The van der Waals surface area contributed by atoms with Gasteiger partial charge in [-0.1, -0.05) is 0 Å². The van der Waals surface area contributed by atoms with Crippen LogP contribution in [0.5, 0.6) is 5.75 Å². The Balaban J connectivity index is 2.58. The van der Waals surface area contributed by atoms with E-state index in [1.807, 2.05) is 6.92 Å². The Hall–Kier alpha value is -2.83. The maximum atomic E-state index is 11.2. The van der Waals surface area contributed by atoms with Crippen molar-refractivity contribution < 1.29 is 19.4 Å². The molecule has 1 heterocycles. The van der Waals surface area contributed by atoms with Crippen molar-refractivity contribution in [3.05, 3.63) is 29.3 Å². The van der Waals surface area contributed by atoms with Crippen LogP contribution in [-0.4, -0.2) is 34.3 Å². The maximum absolute atomic E-state index is 11.2. The van der Waals surface area contributed by atoms with Crippen molar-refractivity contribution in [1.82, 2.24) is 9.78 Å². The van der Waals surface area contributed by atoms with Gasteiger partial charge in [0.2, 0.25) is 0 Å². The van der Waals surface area contributed by atoms with Gasteiger partial charge in [0, 0.05) is 5.56 Å². The molecule has 21 heavy (non-hydrogen) atoms. The largest absolute Gasteiger partial charge is 0.497 e. The third kappa shape index (κ3) is 2.71. The number of nitrogens with zero attached hydrogens (tertiary/aromatic N) is 2. The molecule has 2 rings (SSSR count). The van der Waals surface area contributed by atoms with Crippen molar-refractivity contribution in [2.75, 3.05) is 12.8 Å². The summed E-state index contributed by atoms with van der Waals surface area (Å²) in [6.45, 7) is 1.45. The molecule has 110 valence electrons. The molecule has 0 bridgehead atoms. The second-order valence-corrected chi connectivity index (χ2v) is 4.50. The van der Waals surface area contributed by atoms with Crippen molar-refractivity contribution >= 4 is 18.1 Å². The molecule has 0 unspecified atom stereocenters. The van der Waals surface area contributed by atoms with Crippen LogP contribution >= 0.6 is 0 Å². The summed E-state index contributed by atoms with van der Waals surface area (Å²) in [6.07, 6.45) is 0.583. The Bertz CT molecular complexity index is 706. The molecule has 0 radical (unpaired) electrons. The smallest absolute Gasteiger partial charge is 0.325 e. The SMILES string of the molecule is COc1ccc(-c2nn(CC(=O)O)c(N)c2C=O)c(C)c1. The van der Waals surface area contributed by atoms with Crippen molar-refractivity contribution in [2.24, 2.45) is 0 Å². The monoisotopic (exact) mass is 289 g/mol. The van der Waals surface area contributed by atoms with Crippen molar-refractivity contribution in [3.8, 4) is 17.0 Å². The molecule has 0 atom stereocenters. The topological polar surface area (TPSA) is 107 Å². The Morgan fingerprint density at radius 2 is 2.24 bits per heavy atom. The molecule has 0 aliphatic carbocycles. The van der Waals surface area contributed by atoms with Crippen LogP contribution in [0.25, 0.3) is 11.3 Å². The maximum Gasteiger partial charge on any atom is 0.325 e. The van der Waals surface area contributed by atoms with Gasteiger partial charge in [-0.25, -0.2) is 4.68 Å². The Morgan fingerprint density at radius 3 is 2.76 bits per heavy atom. The van der Waals surface area contributed by atoms with Gasteiger partial charge in [0.05, 0.1) is 12.7 Å². The highest BCUT2D eigenvalue weighted by molar-refractivity contribution is 5.92. The van der Waals surface area contributed by atoms with Gasteiger partial charge in [-0.2, -0.15) is 5.10 Å². The Morgan fingerprint density at radius 1 is 1.52 bits per heavy atom. The summed E-state index contributed by atoms with van der Waals surface area (Å²) < 4.78 is 6.23. The zero-order chi connectivity index (χ0) is 15.6. The number of aromatic nitrogens is 2. The van der Waals surface area contributed by atoms with Gasteiger partial charge in [-0.15, -0.1) is 0 Å². The molecule has 1 aromatic carbocycles. The predicted octanol–water partition coefficient (Wildman–Crippen LogP) is 1.35. The highest BCUT2D eigenvalue weighted by atomic mass is 16.5. The molecule has 0 saturated carbocycles. The molecule has 7 nitrogen and oxygen atoms in total. The lowest BCUT2D eigenvalue weighted by molar-refractivity contribution is -0.137. The van der Waals surface area contributed by atoms with Gasteiger partial charge >= 0.3 is 5.97 Å². The third-order valence-corrected chi connectivity index (χ3v) is 3.12. The Labute approximate surface area is 120 Å². The first-order valence-electron chi connectivity index (χ1n) is 6.16. The van der Waals surface area contributed by atoms with Crippen molar-refractivity contribution in [2.45, 2.75) is 13.5 Å². The summed E-state index contributed by atoms with van der Waals surface area (Å²) >= 11 is 0. The van der Waals surface area contributed by atoms with Gasteiger partial charge in [0.15, 0.2) is 6.29 Å². The van der Waals surface area contributed by atoms with E-state index in [-0.39, 0.29) is 11.4 Å². The number of carbonyl (C=O) groups excluding carboxylic acids is 1. The minimum atomic E-state index is -1.08. The molecular formula is C14H15N3O4. The fourth-order valence-corrected chi connectivity index (χ4v) is 2.08. The van der Waals surface area contributed by atoms with Crippen LogP contribution in [0.15, 0.2) is 18.2 Å². The normalized spacial score (nSPS) is 10.4. The highest BCUT2D eigenvalue weighted by Crippen LogP contribution is 2.30. The van der Waals surface area contributed by atoms with Gasteiger partial charge in [-0.05, 0) is 30.7 Å². The number of benzene rings is 1. The van der Waals surface area contributed by atoms with Crippen LogP contribution in [0.1, 0.15) is 15.9 Å². The van der Waals surface area contributed by atoms with E-state index in [2.05, 4.69) is 5.10 Å². The number of hydrogen-bond acceptors (Lipinski definition) is 5. The summed E-state index contributed by atoms with van der Waals surface area (Å²) in [4.78, 5) is 22.0. The summed E-state index contributed by atoms with van der Waals surface area (Å²) in [5.41, 5.74) is 7.88. The van der Waals surface area contributed by atoms with Gasteiger partial charge in [-0.3, -0.25) is 9.59 Å². The fourth-order valence-electron chi connectivity index (χ4n) is 2.08. The quantitative estimate of drug-likeness (QED) is 0.804. The van der Waals surface area contributed by atoms with E-state index in [0.717, 1.165) is 10.2 Å². The number of anilines is 1. The molecule has 0 aliphatic heterocycles. The number of carboxylic acid groups (broad SMARTS) is 1. The average Bonchev–Trinajstić information content (AvgIpc) is 2.74. The summed E-state index contributed by atoms with van der Waals surface area (Å²) in [7, 11) is 1.56. The van der Waals surface area contributed by atoms with Crippen LogP contribution in [0.3, 0.4) is 0 Å². The lowest BCUT2D eigenvalue weighted by Gasteiger charge is -2.06. The minimum Gasteiger partial charge on any atom is -0.497 e. The number of nitrogen functional groups attached to an aromatic ring is 1. The van der Waals surface area contributed by atoms with E-state index in [1.165, 1.54) is 0 Å². The number of nitrogens with two attached hydrogens (primary N) is 1. The van der Waals surface area contributed by atoms with E-state index < -0.39 is 12.5 Å². The van der Waals surface area contributed by atoms with Crippen molar-refractivity contribution in [1.29, 1.82) is 0 Å². The molecule has 2 aromatic rings. The number of aryl methyl sites for hydroxylation is 1. The molecule has 3 N–H and O–H groups in total. The molecule has 0 saturated heterocycles. The van der Waals surface area contributed by atoms with Crippen LogP contribution in [-0.2, 0) is 11.3 Å². The number of carboxylic acids is 1. The molecule has 0 amide bonds. The number of aldehydes is 1. The zero-order valence-electron chi connectivity index (χ0n) is 11.7. The first-order valence-corrected chi connectivity index (χ1v) is 6.16. The molecule has 1 aromatic heterocycles. The second kappa shape index (κ2) is 5.66. The van der Waals surface area contributed by atoms with E-state index >= 15 is 0 Å². The first-order chi connectivity index (χ1) is 9.97. The van der Waals surface area contributed by atoms with Crippen LogP contribution in [0.2, 0.25) is 0 Å². The molecule has 0 fully saturated rings. The van der Waals surface area contributed by atoms with E-state index in [9.17, 15) is 9.59 Å². The van der Waals surface area contributed by atoms with E-state index in [1.54, 1.807) is 25.3 Å². The lowest BCUT2D eigenvalue weighted by Crippen LogP contribution is -2.12. The van der Waals surface area contributed by atoms with Crippen LogP contribution in [0, 0.1) is 6.92 Å². The zero-order valence-corrected chi connectivity index (χ0v) is 11.7. The number of carbonyl (C=O) groups is 2. The summed E-state index contributed by atoms with van der Waals surface area (Å²) in [6, 6.07) is 5.30. The summed E-state index contributed by atoms with van der Waals surface area (Å²) in [5, 5.41) is 13.0. The minimum absolute atomic E-state index is 0.0395. The second-order valence-electron chi connectivity index (χ2n) is 4.50. The third-order valence-electron chi connectivity index (χ3n) is 3.12. The number of aliphatic carboxylic acids is 1. The van der Waals surface area contributed by atoms with Gasteiger partial charge < -0.3 is 15.6 Å². The molecule has 7 heteroatoms. The fraction of sp³-hybridized carbons (Fsp3) is 0.214. The van der Waals surface area contributed by atoms with E-state index in [4.69, 9.17) is 15.6 Å². The predicted molar refractivity (Wildman–Crippen MR) is 76.4 cm³/mol. The number of hydrogen-bond donors (Lipinski definition) is 2. The molecular weight excluding hydrogens is 274 g/mol. The standard InChI is InChI=1S/C14H15N3O4/c1-8-5-9(21-2)3-4-10(8)13-11(7-18)14(15)17(16-13)6-12(19)20/h3-5,7H,6,15H2,1-2H3,(H,19,20). The van der Waals surface area contributed by atoms with E-state index in [0.29, 0.717) is 23.3 Å². The van der Waals surface area contributed by atoms with Crippen molar-refractivity contribution in [3.63, 3.8) is 0 Å². The number of methoxy groups -OCH3 is 1. The first kappa shape index (κ1) is 14.6. The molecule has 0 spiro atoms. The van der Waals surface area contributed by atoms with Crippen LogP contribution < -0.4 is 10.5 Å². The van der Waals surface area contributed by atoms with Gasteiger partial charge in [0.25, 0.3) is 0 Å². The van der Waals surface area contributed by atoms with Gasteiger partial charge in [0.1, 0.15) is 23.8 Å². The number of rotatable bonds is 5.